The molecular weight excluding hydrogens is 377 g/mol. The molecule has 3 rings (SSSR count). The van der Waals surface area contributed by atoms with Crippen LogP contribution in [0.1, 0.15) is 43.2 Å². The maximum Gasteiger partial charge on any atom is 0.417 e. The molecule has 1 amide bonds. The standard InChI is InChI=1S/C20H24ClF3N2O/c21-18-8-6-15(13-17(18)20(22,23)24)7-9-19(27)26-12-4-5-16(26)14-25-10-2-1-3-11-25/h6-9,13,16H,1-5,10-12,14H2/b9-7+/t16-/m0/s1. The number of rotatable bonds is 4. The minimum Gasteiger partial charge on any atom is -0.335 e. The van der Waals surface area contributed by atoms with Crippen molar-refractivity contribution in [1.29, 1.82) is 0 Å². The van der Waals surface area contributed by atoms with Crippen LogP contribution < -0.4 is 0 Å². The van der Waals surface area contributed by atoms with Crippen LogP contribution in [-0.2, 0) is 11.0 Å². The predicted molar refractivity (Wildman–Crippen MR) is 101 cm³/mol. The quantitative estimate of drug-likeness (QED) is 0.674. The Kier molecular flexibility index (Phi) is 6.48. The van der Waals surface area contributed by atoms with Gasteiger partial charge in [-0.05, 0) is 62.5 Å². The SMILES string of the molecule is O=C(/C=C/c1ccc(Cl)c(C(F)(F)F)c1)N1CCC[C@H]1CN1CCCCC1. The van der Waals surface area contributed by atoms with Gasteiger partial charge in [-0.1, -0.05) is 24.1 Å². The summed E-state index contributed by atoms with van der Waals surface area (Å²) < 4.78 is 38.9. The zero-order valence-corrected chi connectivity index (χ0v) is 15.9. The molecule has 0 aromatic heterocycles. The summed E-state index contributed by atoms with van der Waals surface area (Å²) in [6.45, 7) is 3.76. The number of carbonyl (C=O) groups is 1. The van der Waals surface area contributed by atoms with E-state index in [4.69, 9.17) is 11.6 Å². The smallest absolute Gasteiger partial charge is 0.335 e. The van der Waals surface area contributed by atoms with Gasteiger partial charge in [-0.3, -0.25) is 4.79 Å². The van der Waals surface area contributed by atoms with E-state index >= 15 is 0 Å². The molecule has 0 unspecified atom stereocenters. The summed E-state index contributed by atoms with van der Waals surface area (Å²) in [4.78, 5) is 16.9. The first kappa shape index (κ1) is 20.2. The van der Waals surface area contributed by atoms with Gasteiger partial charge in [-0.2, -0.15) is 13.2 Å². The van der Waals surface area contributed by atoms with Gasteiger partial charge in [0.15, 0.2) is 0 Å². The molecule has 2 fully saturated rings. The van der Waals surface area contributed by atoms with E-state index in [1.807, 2.05) is 4.90 Å². The maximum absolute atomic E-state index is 13.0. The first-order valence-corrected chi connectivity index (χ1v) is 9.80. The molecule has 2 aliphatic heterocycles. The Morgan fingerprint density at radius 3 is 2.59 bits per heavy atom. The van der Waals surface area contributed by atoms with Gasteiger partial charge in [0.05, 0.1) is 10.6 Å². The molecule has 1 atom stereocenters. The van der Waals surface area contributed by atoms with Crippen molar-refractivity contribution in [3.63, 3.8) is 0 Å². The van der Waals surface area contributed by atoms with E-state index in [2.05, 4.69) is 4.90 Å². The lowest BCUT2D eigenvalue weighted by Gasteiger charge is -2.32. The fourth-order valence-electron chi connectivity index (χ4n) is 3.88. The summed E-state index contributed by atoms with van der Waals surface area (Å²) >= 11 is 5.63. The largest absolute Gasteiger partial charge is 0.417 e. The number of alkyl halides is 3. The van der Waals surface area contributed by atoms with E-state index in [0.717, 1.165) is 38.5 Å². The highest BCUT2D eigenvalue weighted by Gasteiger charge is 2.33. The Labute approximate surface area is 162 Å². The first-order valence-electron chi connectivity index (χ1n) is 9.42. The first-order chi connectivity index (χ1) is 12.8. The number of halogens is 4. The molecule has 0 aliphatic carbocycles. The van der Waals surface area contributed by atoms with Crippen molar-refractivity contribution in [3.05, 3.63) is 40.4 Å². The predicted octanol–water partition coefficient (Wildman–Crippen LogP) is 4.85. The fraction of sp³-hybridized carbons (Fsp3) is 0.550. The molecule has 2 aliphatic rings. The molecule has 2 saturated heterocycles. The minimum absolute atomic E-state index is 0.141. The Morgan fingerprint density at radius 2 is 1.89 bits per heavy atom. The van der Waals surface area contributed by atoms with Crippen molar-refractivity contribution in [2.24, 2.45) is 0 Å². The average molecular weight is 401 g/mol. The second kappa shape index (κ2) is 8.65. The van der Waals surface area contributed by atoms with E-state index < -0.39 is 11.7 Å². The van der Waals surface area contributed by atoms with Crippen molar-refractivity contribution in [2.75, 3.05) is 26.2 Å². The highest BCUT2D eigenvalue weighted by Crippen LogP contribution is 2.35. The van der Waals surface area contributed by atoms with Crippen LogP contribution in [0.4, 0.5) is 13.2 Å². The number of piperidine rings is 1. The summed E-state index contributed by atoms with van der Waals surface area (Å²) in [6, 6.07) is 3.86. The molecule has 7 heteroatoms. The fourth-order valence-corrected chi connectivity index (χ4v) is 4.11. The number of benzene rings is 1. The number of nitrogens with zero attached hydrogens (tertiary/aromatic N) is 2. The van der Waals surface area contributed by atoms with Crippen molar-refractivity contribution in [2.45, 2.75) is 44.3 Å². The van der Waals surface area contributed by atoms with Crippen molar-refractivity contribution < 1.29 is 18.0 Å². The molecule has 0 radical (unpaired) electrons. The highest BCUT2D eigenvalue weighted by atomic mass is 35.5. The number of hydrogen-bond acceptors (Lipinski definition) is 2. The van der Waals surface area contributed by atoms with Crippen LogP contribution in [0.3, 0.4) is 0 Å². The van der Waals surface area contributed by atoms with E-state index in [-0.39, 0.29) is 17.0 Å². The van der Waals surface area contributed by atoms with E-state index in [1.165, 1.54) is 43.5 Å². The number of hydrogen-bond donors (Lipinski definition) is 0. The summed E-state index contributed by atoms with van der Waals surface area (Å²) in [6.07, 6.45) is 3.93. The van der Waals surface area contributed by atoms with Crippen LogP contribution >= 0.6 is 11.6 Å². The maximum atomic E-state index is 13.0. The van der Waals surface area contributed by atoms with Gasteiger partial charge < -0.3 is 9.80 Å². The lowest BCUT2D eigenvalue weighted by atomic mass is 10.1. The molecule has 0 spiro atoms. The van der Waals surface area contributed by atoms with Crippen LogP contribution in [-0.4, -0.2) is 47.9 Å². The summed E-state index contributed by atoms with van der Waals surface area (Å²) in [5, 5.41) is -0.341. The Morgan fingerprint density at radius 1 is 1.15 bits per heavy atom. The lowest BCUT2D eigenvalue weighted by Crippen LogP contribution is -2.44. The molecule has 0 saturated carbocycles. The monoisotopic (exact) mass is 400 g/mol. The zero-order chi connectivity index (χ0) is 19.4. The number of carbonyl (C=O) groups excluding carboxylic acids is 1. The summed E-state index contributed by atoms with van der Waals surface area (Å²) in [5.41, 5.74) is -0.574. The van der Waals surface area contributed by atoms with Gasteiger partial charge in [0.1, 0.15) is 0 Å². The third-order valence-corrected chi connectivity index (χ3v) is 5.62. The molecule has 0 N–H and O–H groups in total. The van der Waals surface area contributed by atoms with Gasteiger partial charge in [-0.25, -0.2) is 0 Å². The zero-order valence-electron chi connectivity index (χ0n) is 15.1. The van der Waals surface area contributed by atoms with Crippen LogP contribution in [0.25, 0.3) is 6.08 Å². The second-order valence-electron chi connectivity index (χ2n) is 7.26. The van der Waals surface area contributed by atoms with Crippen LogP contribution in [0, 0.1) is 0 Å². The van der Waals surface area contributed by atoms with Gasteiger partial charge in [-0.15, -0.1) is 0 Å². The lowest BCUT2D eigenvalue weighted by molar-refractivity contribution is -0.137. The van der Waals surface area contributed by atoms with Gasteiger partial charge in [0, 0.05) is 25.2 Å². The Balaban J connectivity index is 1.65. The molecular formula is C20H24ClF3N2O. The molecule has 27 heavy (non-hydrogen) atoms. The number of likely N-dealkylation sites (tertiary alicyclic amines) is 2. The highest BCUT2D eigenvalue weighted by molar-refractivity contribution is 6.31. The number of amides is 1. The molecule has 1 aromatic rings. The van der Waals surface area contributed by atoms with E-state index in [1.54, 1.807) is 0 Å². The average Bonchev–Trinajstić information content (AvgIpc) is 3.09. The molecule has 3 nitrogen and oxygen atoms in total. The van der Waals surface area contributed by atoms with Crippen LogP contribution in [0.15, 0.2) is 24.3 Å². The van der Waals surface area contributed by atoms with Crippen LogP contribution in [0.2, 0.25) is 5.02 Å². The third-order valence-electron chi connectivity index (χ3n) is 5.29. The minimum atomic E-state index is -4.51. The van der Waals surface area contributed by atoms with Gasteiger partial charge in [0.2, 0.25) is 5.91 Å². The van der Waals surface area contributed by atoms with Crippen molar-refractivity contribution >= 4 is 23.6 Å². The van der Waals surface area contributed by atoms with E-state index in [0.29, 0.717) is 12.1 Å². The van der Waals surface area contributed by atoms with Gasteiger partial charge >= 0.3 is 6.18 Å². The molecule has 1 aromatic carbocycles. The molecule has 148 valence electrons. The summed E-state index contributed by atoms with van der Waals surface area (Å²) in [7, 11) is 0. The van der Waals surface area contributed by atoms with Crippen molar-refractivity contribution in [1.82, 2.24) is 9.80 Å². The second-order valence-corrected chi connectivity index (χ2v) is 7.67. The van der Waals surface area contributed by atoms with Crippen molar-refractivity contribution in [3.8, 4) is 0 Å². The van der Waals surface area contributed by atoms with Gasteiger partial charge in [0.25, 0.3) is 0 Å². The van der Waals surface area contributed by atoms with Crippen LogP contribution in [0.5, 0.6) is 0 Å². The third kappa shape index (κ3) is 5.26. The molecule has 2 heterocycles. The topological polar surface area (TPSA) is 23.6 Å². The van der Waals surface area contributed by atoms with E-state index in [9.17, 15) is 18.0 Å². The normalized spacial score (nSPS) is 21.9. The Bertz CT molecular complexity index is 699. The molecule has 0 bridgehead atoms. The summed E-state index contributed by atoms with van der Waals surface area (Å²) in [5.74, 6) is -0.141. The Hall–Kier alpha value is -1.53.